The predicted octanol–water partition coefficient (Wildman–Crippen LogP) is 0.808. The first-order valence-corrected chi connectivity index (χ1v) is 2.12. The molecule has 48 valence electrons. The molecule has 0 aromatic rings. The van der Waals surface area contributed by atoms with E-state index < -0.39 is 0 Å². The predicted molar refractivity (Wildman–Crippen MR) is 32.7 cm³/mol. The van der Waals surface area contributed by atoms with Crippen molar-refractivity contribution in [2.24, 2.45) is 10.8 Å². The van der Waals surface area contributed by atoms with Gasteiger partial charge >= 0.3 is 0 Å². The van der Waals surface area contributed by atoms with E-state index in [1.54, 1.807) is 0 Å². The van der Waals surface area contributed by atoms with E-state index in [0.717, 1.165) is 6.42 Å². The van der Waals surface area contributed by atoms with Gasteiger partial charge in [0.2, 0.25) is 0 Å². The molecule has 0 spiro atoms. The molecule has 0 heterocycles. The van der Waals surface area contributed by atoms with Gasteiger partial charge in [-0.1, -0.05) is 5.11 Å². The van der Waals surface area contributed by atoms with Crippen molar-refractivity contribution in [2.45, 2.75) is 6.42 Å². The second-order valence-corrected chi connectivity index (χ2v) is 1.10. The molecule has 0 rings (SSSR count). The Bertz CT molecular complexity index is 73.7. The molecule has 5 nitrogen and oxygen atoms in total. The lowest BCUT2D eigenvalue weighted by Crippen LogP contribution is -1.98. The lowest BCUT2D eigenvalue weighted by atomic mass is 10.4. The van der Waals surface area contributed by atoms with E-state index in [4.69, 9.17) is 11.3 Å². The molecule has 0 aliphatic rings. The average Bonchev–Trinajstić information content (AvgIpc) is 1.69. The minimum absolute atomic E-state index is 0. The van der Waals surface area contributed by atoms with E-state index >= 15 is 0 Å². The first-order valence-electron chi connectivity index (χ1n) is 2.12. The minimum atomic E-state index is 0. The summed E-state index contributed by atoms with van der Waals surface area (Å²) in [5.41, 5.74) is 12.8. The molecule has 0 amide bonds. The van der Waals surface area contributed by atoms with Gasteiger partial charge in [-0.15, -0.1) is 0 Å². The van der Waals surface area contributed by atoms with Gasteiger partial charge in [0, 0.05) is 11.5 Å². The van der Waals surface area contributed by atoms with Gasteiger partial charge in [0.25, 0.3) is 0 Å². The number of nitrogens with two attached hydrogens (primary N) is 1. The van der Waals surface area contributed by atoms with Crippen molar-refractivity contribution in [2.75, 3.05) is 13.1 Å². The Morgan fingerprint density at radius 1 is 1.62 bits per heavy atom. The Hall–Kier alpha value is -0.770. The number of nitrogens with zero attached hydrogens (tertiary/aromatic N) is 3. The highest BCUT2D eigenvalue weighted by Gasteiger charge is 1.74. The molecule has 0 bridgehead atoms. The van der Waals surface area contributed by atoms with Crippen LogP contribution in [0.1, 0.15) is 6.42 Å². The van der Waals surface area contributed by atoms with Crippen LogP contribution < -0.4 is 11.9 Å². The van der Waals surface area contributed by atoms with Crippen LogP contribution in [0.5, 0.6) is 0 Å². The molecule has 0 aromatic heterocycles. The van der Waals surface area contributed by atoms with E-state index in [-0.39, 0.29) is 6.15 Å². The fourth-order valence-corrected chi connectivity index (χ4v) is 0.207. The topological polar surface area (TPSA) is 110 Å². The van der Waals surface area contributed by atoms with Gasteiger partial charge in [-0.2, -0.15) is 0 Å². The fraction of sp³-hybridized carbons (Fsp3) is 1.00. The first kappa shape index (κ1) is 10.3. The molecule has 5 N–H and O–H groups in total. The number of hydrogen-bond acceptors (Lipinski definition) is 3. The van der Waals surface area contributed by atoms with Gasteiger partial charge < -0.3 is 11.9 Å². The standard InChI is InChI=1S/C3H8N4.H3N/c4-2-1-3-6-7-5;/h1-4H2;1H3. The smallest absolute Gasteiger partial charge is 0.0269 e. The summed E-state index contributed by atoms with van der Waals surface area (Å²) in [4.78, 5) is 2.54. The van der Waals surface area contributed by atoms with E-state index in [0.29, 0.717) is 13.1 Å². The molecular formula is C3H11N5. The summed E-state index contributed by atoms with van der Waals surface area (Å²) in [6, 6.07) is 0. The summed E-state index contributed by atoms with van der Waals surface area (Å²) in [5.74, 6) is 0. The summed E-state index contributed by atoms with van der Waals surface area (Å²) in [6.07, 6.45) is 0.782. The normalized spacial score (nSPS) is 6.62. The highest BCUT2D eigenvalue weighted by atomic mass is 15.1. The van der Waals surface area contributed by atoms with E-state index in [2.05, 4.69) is 10.0 Å². The van der Waals surface area contributed by atoms with Gasteiger partial charge in [-0.25, -0.2) is 0 Å². The second kappa shape index (κ2) is 9.52. The molecule has 0 fully saturated rings. The SMILES string of the molecule is N.[N-]=[N+]=NCCCN. The van der Waals surface area contributed by atoms with Crippen molar-refractivity contribution < 1.29 is 0 Å². The third-order valence-electron chi connectivity index (χ3n) is 0.525. The molecule has 8 heavy (non-hydrogen) atoms. The second-order valence-electron chi connectivity index (χ2n) is 1.10. The van der Waals surface area contributed by atoms with E-state index in [9.17, 15) is 0 Å². The molecule has 0 saturated heterocycles. The molecular weight excluding hydrogens is 106 g/mol. The van der Waals surface area contributed by atoms with Crippen molar-refractivity contribution in [1.29, 1.82) is 0 Å². The molecule has 0 saturated carbocycles. The summed E-state index contributed by atoms with van der Waals surface area (Å²) < 4.78 is 0. The van der Waals surface area contributed by atoms with Crippen LogP contribution >= 0.6 is 0 Å². The average molecular weight is 117 g/mol. The zero-order chi connectivity index (χ0) is 5.54. The van der Waals surface area contributed by atoms with Gasteiger partial charge in [0.1, 0.15) is 0 Å². The maximum Gasteiger partial charge on any atom is 0.0269 e. The maximum absolute atomic E-state index is 7.71. The quantitative estimate of drug-likeness (QED) is 0.247. The van der Waals surface area contributed by atoms with Crippen LogP contribution in [-0.2, 0) is 0 Å². The molecule has 0 aromatic carbocycles. The zero-order valence-electron chi connectivity index (χ0n) is 4.75. The van der Waals surface area contributed by atoms with Crippen LogP contribution in [0.25, 0.3) is 10.4 Å². The summed E-state index contributed by atoms with van der Waals surface area (Å²) in [6.45, 7) is 1.12. The molecule has 5 heteroatoms. The number of rotatable bonds is 3. The summed E-state index contributed by atoms with van der Waals surface area (Å²) in [7, 11) is 0. The van der Waals surface area contributed by atoms with Crippen molar-refractivity contribution in [3.8, 4) is 0 Å². The van der Waals surface area contributed by atoms with Crippen molar-refractivity contribution >= 4 is 0 Å². The van der Waals surface area contributed by atoms with Crippen LogP contribution in [0, 0.1) is 0 Å². The minimum Gasteiger partial charge on any atom is -0.344 e. The first-order chi connectivity index (χ1) is 3.41. The van der Waals surface area contributed by atoms with Crippen molar-refractivity contribution in [3.63, 3.8) is 0 Å². The fourth-order valence-electron chi connectivity index (χ4n) is 0.207. The van der Waals surface area contributed by atoms with Crippen LogP contribution in [0.2, 0.25) is 0 Å². The van der Waals surface area contributed by atoms with Gasteiger partial charge in [-0.05, 0) is 18.5 Å². The summed E-state index contributed by atoms with van der Waals surface area (Å²) >= 11 is 0. The molecule has 0 unspecified atom stereocenters. The lowest BCUT2D eigenvalue weighted by molar-refractivity contribution is 0.838. The molecule has 0 atom stereocenters. The molecule has 0 aliphatic heterocycles. The highest BCUT2D eigenvalue weighted by molar-refractivity contribution is 4.45. The molecule has 0 aliphatic carbocycles. The lowest BCUT2D eigenvalue weighted by Gasteiger charge is -1.81. The summed E-state index contributed by atoms with van der Waals surface area (Å²) in [5, 5.41) is 3.26. The van der Waals surface area contributed by atoms with Gasteiger partial charge in [0.15, 0.2) is 0 Å². The van der Waals surface area contributed by atoms with Crippen LogP contribution in [-0.4, -0.2) is 13.1 Å². The van der Waals surface area contributed by atoms with Gasteiger partial charge in [0.05, 0.1) is 0 Å². The van der Waals surface area contributed by atoms with Crippen LogP contribution in [0.15, 0.2) is 5.11 Å². The number of hydrogen-bond donors (Lipinski definition) is 2. The highest BCUT2D eigenvalue weighted by Crippen LogP contribution is 1.74. The van der Waals surface area contributed by atoms with Crippen LogP contribution in [0.4, 0.5) is 0 Å². The Morgan fingerprint density at radius 2 is 2.25 bits per heavy atom. The van der Waals surface area contributed by atoms with Gasteiger partial charge in [-0.3, -0.25) is 0 Å². The maximum atomic E-state index is 7.71. The molecule has 0 radical (unpaired) electrons. The Labute approximate surface area is 48.1 Å². The zero-order valence-corrected chi connectivity index (χ0v) is 4.75. The monoisotopic (exact) mass is 117 g/mol. The largest absolute Gasteiger partial charge is 0.344 e. The van der Waals surface area contributed by atoms with Crippen molar-refractivity contribution in [1.82, 2.24) is 6.15 Å². The van der Waals surface area contributed by atoms with E-state index in [1.807, 2.05) is 0 Å². The third kappa shape index (κ3) is 8.97. The van der Waals surface area contributed by atoms with E-state index in [1.165, 1.54) is 0 Å². The Balaban J connectivity index is 0. The van der Waals surface area contributed by atoms with Crippen molar-refractivity contribution in [3.05, 3.63) is 10.4 Å². The number of azide groups is 1. The third-order valence-corrected chi connectivity index (χ3v) is 0.525. The van der Waals surface area contributed by atoms with Crippen LogP contribution in [0.3, 0.4) is 0 Å². The Kier molecular flexibility index (Phi) is 12.2. The Morgan fingerprint density at radius 3 is 2.62 bits per heavy atom.